The monoisotopic (exact) mass is 247 g/mol. The average Bonchev–Trinajstić information content (AvgIpc) is 3.01. The van der Waals surface area contributed by atoms with Gasteiger partial charge in [-0.25, -0.2) is 0 Å². The fourth-order valence-electron chi connectivity index (χ4n) is 4.36. The third-order valence-corrected chi connectivity index (χ3v) is 5.23. The first kappa shape index (κ1) is 12.3. The molecule has 0 saturated heterocycles. The zero-order chi connectivity index (χ0) is 12.7. The van der Waals surface area contributed by atoms with Crippen molar-refractivity contribution in [3.05, 3.63) is 23.2 Å². The molecule has 1 aromatic rings. The van der Waals surface area contributed by atoms with Crippen LogP contribution in [-0.2, 0) is 0 Å². The highest BCUT2D eigenvalue weighted by Gasteiger charge is 2.40. The molecule has 100 valence electrons. The van der Waals surface area contributed by atoms with Crippen molar-refractivity contribution in [1.82, 2.24) is 5.32 Å². The standard InChI is InChI=1S/C16H25NO/c1-10-6-15(11(2)18-10)16(17-3)9-14-8-12-4-5-13(14)7-12/h6,12-14,16-17H,4-5,7-9H2,1-3H3. The molecule has 1 aromatic heterocycles. The van der Waals surface area contributed by atoms with Gasteiger partial charge in [-0.05, 0) is 70.4 Å². The fourth-order valence-corrected chi connectivity index (χ4v) is 4.36. The molecule has 2 saturated carbocycles. The Kier molecular flexibility index (Phi) is 3.23. The van der Waals surface area contributed by atoms with Crippen molar-refractivity contribution in [1.29, 1.82) is 0 Å². The summed E-state index contributed by atoms with van der Waals surface area (Å²) in [5, 5.41) is 3.50. The smallest absolute Gasteiger partial charge is 0.105 e. The summed E-state index contributed by atoms with van der Waals surface area (Å²) in [5.41, 5.74) is 1.37. The first-order valence-corrected chi connectivity index (χ1v) is 7.41. The second kappa shape index (κ2) is 4.73. The number of rotatable bonds is 4. The maximum atomic E-state index is 5.68. The molecule has 2 nitrogen and oxygen atoms in total. The van der Waals surface area contributed by atoms with Crippen LogP contribution in [0.1, 0.15) is 55.2 Å². The molecular weight excluding hydrogens is 222 g/mol. The lowest BCUT2D eigenvalue weighted by Crippen LogP contribution is -2.22. The minimum Gasteiger partial charge on any atom is -0.466 e. The van der Waals surface area contributed by atoms with Crippen molar-refractivity contribution in [2.45, 2.75) is 52.0 Å². The van der Waals surface area contributed by atoms with Crippen LogP contribution in [0.15, 0.2) is 10.5 Å². The van der Waals surface area contributed by atoms with Crippen molar-refractivity contribution in [3.8, 4) is 0 Å². The Morgan fingerprint density at radius 2 is 2.17 bits per heavy atom. The van der Waals surface area contributed by atoms with Crippen LogP contribution in [0.5, 0.6) is 0 Å². The minimum atomic E-state index is 0.479. The van der Waals surface area contributed by atoms with E-state index in [4.69, 9.17) is 4.42 Å². The summed E-state index contributed by atoms with van der Waals surface area (Å²) in [7, 11) is 2.08. The highest BCUT2D eigenvalue weighted by molar-refractivity contribution is 5.24. The number of hydrogen-bond donors (Lipinski definition) is 1. The molecule has 0 aromatic carbocycles. The van der Waals surface area contributed by atoms with Crippen molar-refractivity contribution in [2.75, 3.05) is 7.05 Å². The Balaban J connectivity index is 1.71. The van der Waals surface area contributed by atoms with Gasteiger partial charge in [0, 0.05) is 11.6 Å². The third kappa shape index (κ3) is 2.11. The van der Waals surface area contributed by atoms with Crippen LogP contribution in [0.3, 0.4) is 0 Å². The van der Waals surface area contributed by atoms with Crippen LogP contribution >= 0.6 is 0 Å². The van der Waals surface area contributed by atoms with E-state index in [1.807, 2.05) is 6.92 Å². The van der Waals surface area contributed by atoms with Gasteiger partial charge in [-0.2, -0.15) is 0 Å². The van der Waals surface area contributed by atoms with Crippen LogP contribution in [0.2, 0.25) is 0 Å². The first-order valence-electron chi connectivity index (χ1n) is 7.41. The number of fused-ring (bicyclic) bond motifs is 2. The van der Waals surface area contributed by atoms with Crippen LogP contribution in [0.4, 0.5) is 0 Å². The molecule has 1 N–H and O–H groups in total. The van der Waals surface area contributed by atoms with Crippen LogP contribution in [-0.4, -0.2) is 7.05 Å². The maximum Gasteiger partial charge on any atom is 0.105 e. The Morgan fingerprint density at radius 1 is 1.33 bits per heavy atom. The summed E-state index contributed by atoms with van der Waals surface area (Å²) in [6.07, 6.45) is 7.24. The van der Waals surface area contributed by atoms with Gasteiger partial charge in [0.2, 0.25) is 0 Å². The van der Waals surface area contributed by atoms with Gasteiger partial charge in [0.25, 0.3) is 0 Å². The van der Waals surface area contributed by atoms with Gasteiger partial charge in [0.15, 0.2) is 0 Å². The SMILES string of the molecule is CNC(CC1CC2CCC1C2)c1cc(C)oc1C. The zero-order valence-electron chi connectivity index (χ0n) is 11.8. The molecule has 4 atom stereocenters. The van der Waals surface area contributed by atoms with Gasteiger partial charge in [-0.3, -0.25) is 0 Å². The molecule has 2 bridgehead atoms. The predicted octanol–water partition coefficient (Wildman–Crippen LogP) is 3.98. The number of aryl methyl sites for hydroxylation is 2. The molecule has 0 radical (unpaired) electrons. The fraction of sp³-hybridized carbons (Fsp3) is 0.750. The molecule has 1 heterocycles. The summed E-state index contributed by atoms with van der Waals surface area (Å²) in [6, 6.07) is 2.69. The molecule has 18 heavy (non-hydrogen) atoms. The topological polar surface area (TPSA) is 25.2 Å². The molecule has 0 spiro atoms. The van der Waals surface area contributed by atoms with Gasteiger partial charge >= 0.3 is 0 Å². The normalized spacial score (nSPS) is 32.1. The van der Waals surface area contributed by atoms with E-state index in [1.165, 1.54) is 37.7 Å². The van der Waals surface area contributed by atoms with Crippen molar-refractivity contribution in [2.24, 2.45) is 17.8 Å². The predicted molar refractivity (Wildman–Crippen MR) is 73.5 cm³/mol. The van der Waals surface area contributed by atoms with Gasteiger partial charge in [-0.15, -0.1) is 0 Å². The summed E-state index contributed by atoms with van der Waals surface area (Å²) < 4.78 is 5.68. The Labute approximate surface area is 110 Å². The van der Waals surface area contributed by atoms with Crippen LogP contribution in [0, 0.1) is 31.6 Å². The molecule has 2 heteroatoms. The molecule has 2 fully saturated rings. The van der Waals surface area contributed by atoms with E-state index in [9.17, 15) is 0 Å². The quantitative estimate of drug-likeness (QED) is 0.870. The second-order valence-corrected chi connectivity index (χ2v) is 6.38. The van der Waals surface area contributed by atoms with Crippen LogP contribution in [0.25, 0.3) is 0 Å². The number of hydrogen-bond acceptors (Lipinski definition) is 2. The van der Waals surface area contributed by atoms with Crippen molar-refractivity contribution < 1.29 is 4.42 Å². The highest BCUT2D eigenvalue weighted by atomic mass is 16.3. The van der Waals surface area contributed by atoms with Gasteiger partial charge in [-0.1, -0.05) is 6.42 Å². The summed E-state index contributed by atoms with van der Waals surface area (Å²) in [6.45, 7) is 4.13. The van der Waals surface area contributed by atoms with Crippen molar-refractivity contribution in [3.63, 3.8) is 0 Å². The lowest BCUT2D eigenvalue weighted by Gasteiger charge is -2.26. The lowest BCUT2D eigenvalue weighted by molar-refractivity contribution is 0.283. The molecule has 0 amide bonds. The van der Waals surface area contributed by atoms with Gasteiger partial charge in [0.1, 0.15) is 11.5 Å². The van der Waals surface area contributed by atoms with E-state index in [0.717, 1.165) is 29.3 Å². The van der Waals surface area contributed by atoms with Gasteiger partial charge in [0.05, 0.1) is 0 Å². The van der Waals surface area contributed by atoms with E-state index in [2.05, 4.69) is 25.4 Å². The highest BCUT2D eigenvalue weighted by Crippen LogP contribution is 2.51. The van der Waals surface area contributed by atoms with E-state index in [-0.39, 0.29) is 0 Å². The zero-order valence-corrected chi connectivity index (χ0v) is 11.8. The van der Waals surface area contributed by atoms with E-state index in [1.54, 1.807) is 0 Å². The number of furan rings is 1. The van der Waals surface area contributed by atoms with E-state index >= 15 is 0 Å². The van der Waals surface area contributed by atoms with E-state index < -0.39 is 0 Å². The molecular formula is C16H25NO. The third-order valence-electron chi connectivity index (χ3n) is 5.23. The molecule has 4 unspecified atom stereocenters. The lowest BCUT2D eigenvalue weighted by atomic mass is 9.83. The Bertz CT molecular complexity index is 423. The largest absolute Gasteiger partial charge is 0.466 e. The summed E-state index contributed by atoms with van der Waals surface area (Å²) >= 11 is 0. The van der Waals surface area contributed by atoms with E-state index in [0.29, 0.717) is 6.04 Å². The number of nitrogens with one attached hydrogen (secondary N) is 1. The summed E-state index contributed by atoms with van der Waals surface area (Å²) in [5.74, 6) is 5.13. The van der Waals surface area contributed by atoms with Crippen molar-refractivity contribution >= 4 is 0 Å². The van der Waals surface area contributed by atoms with Crippen LogP contribution < -0.4 is 5.32 Å². The second-order valence-electron chi connectivity index (χ2n) is 6.38. The molecule has 2 aliphatic rings. The maximum absolute atomic E-state index is 5.68. The van der Waals surface area contributed by atoms with Gasteiger partial charge < -0.3 is 9.73 Å². The Morgan fingerprint density at radius 3 is 2.67 bits per heavy atom. The molecule has 0 aliphatic heterocycles. The summed E-state index contributed by atoms with van der Waals surface area (Å²) in [4.78, 5) is 0. The minimum absolute atomic E-state index is 0.479. The Hall–Kier alpha value is -0.760. The molecule has 2 aliphatic carbocycles. The average molecular weight is 247 g/mol. The first-order chi connectivity index (χ1) is 8.67. The molecule has 3 rings (SSSR count).